The van der Waals surface area contributed by atoms with E-state index in [-0.39, 0.29) is 11.3 Å². The molecule has 0 bridgehead atoms. The first-order valence-corrected chi connectivity index (χ1v) is 5.95. The van der Waals surface area contributed by atoms with Gasteiger partial charge in [-0.2, -0.15) is 0 Å². The van der Waals surface area contributed by atoms with Crippen molar-refractivity contribution in [2.75, 3.05) is 0 Å². The Balaban J connectivity index is 2.24. The highest BCUT2D eigenvalue weighted by Crippen LogP contribution is 2.25. The van der Waals surface area contributed by atoms with Gasteiger partial charge >= 0.3 is 0 Å². The molecule has 0 fully saturated rings. The Morgan fingerprint density at radius 2 is 1.82 bits per heavy atom. The molecule has 0 unspecified atom stereocenters. The van der Waals surface area contributed by atoms with Gasteiger partial charge in [0.15, 0.2) is 11.6 Å². The number of ether oxygens (including phenoxy) is 1. The lowest BCUT2D eigenvalue weighted by molar-refractivity contribution is 0.112. The van der Waals surface area contributed by atoms with Gasteiger partial charge in [0.2, 0.25) is 0 Å². The highest BCUT2D eigenvalue weighted by molar-refractivity contribution is 14.1. The van der Waals surface area contributed by atoms with Gasteiger partial charge in [-0.15, -0.1) is 0 Å². The standard InChI is InChI=1S/C13H8FIO2/c14-12-7-9(8-16)1-6-13(12)17-11-4-2-10(15)3-5-11/h1-8H. The zero-order chi connectivity index (χ0) is 12.3. The zero-order valence-electron chi connectivity index (χ0n) is 8.69. The molecule has 0 saturated carbocycles. The highest BCUT2D eigenvalue weighted by atomic mass is 127. The predicted octanol–water partition coefficient (Wildman–Crippen LogP) is 4.04. The Bertz CT molecular complexity index is 538. The van der Waals surface area contributed by atoms with Crippen LogP contribution in [0.2, 0.25) is 0 Å². The Hall–Kier alpha value is -1.43. The fourth-order valence-electron chi connectivity index (χ4n) is 1.30. The number of carbonyl (C=O) groups is 1. The molecule has 0 radical (unpaired) electrons. The van der Waals surface area contributed by atoms with Gasteiger partial charge in [-0.3, -0.25) is 4.79 Å². The van der Waals surface area contributed by atoms with Crippen LogP contribution in [0.3, 0.4) is 0 Å². The average Bonchev–Trinajstić information content (AvgIpc) is 2.34. The smallest absolute Gasteiger partial charge is 0.166 e. The number of aldehydes is 1. The molecule has 17 heavy (non-hydrogen) atoms. The Labute approximate surface area is 112 Å². The summed E-state index contributed by atoms with van der Waals surface area (Å²) in [4.78, 5) is 10.5. The lowest BCUT2D eigenvalue weighted by Gasteiger charge is -2.06. The van der Waals surface area contributed by atoms with Gasteiger partial charge in [0.25, 0.3) is 0 Å². The second-order valence-corrected chi connectivity index (χ2v) is 4.61. The fraction of sp³-hybridized carbons (Fsp3) is 0. The maximum atomic E-state index is 13.5. The van der Waals surface area contributed by atoms with Crippen molar-refractivity contribution < 1.29 is 13.9 Å². The van der Waals surface area contributed by atoms with E-state index in [2.05, 4.69) is 22.6 Å². The van der Waals surface area contributed by atoms with E-state index in [4.69, 9.17) is 4.74 Å². The fourth-order valence-corrected chi connectivity index (χ4v) is 1.66. The molecule has 0 spiro atoms. The summed E-state index contributed by atoms with van der Waals surface area (Å²) in [7, 11) is 0. The van der Waals surface area contributed by atoms with Crippen LogP contribution in [0.4, 0.5) is 4.39 Å². The molecular formula is C13H8FIO2. The van der Waals surface area contributed by atoms with Crippen LogP contribution in [0.25, 0.3) is 0 Å². The molecule has 0 saturated heterocycles. The molecule has 0 aliphatic heterocycles. The van der Waals surface area contributed by atoms with E-state index in [1.54, 1.807) is 12.1 Å². The third-order valence-electron chi connectivity index (χ3n) is 2.13. The third-order valence-corrected chi connectivity index (χ3v) is 2.85. The van der Waals surface area contributed by atoms with Gasteiger partial charge in [-0.1, -0.05) is 0 Å². The van der Waals surface area contributed by atoms with Crippen LogP contribution in [0, 0.1) is 9.39 Å². The van der Waals surface area contributed by atoms with E-state index in [1.165, 1.54) is 12.1 Å². The SMILES string of the molecule is O=Cc1ccc(Oc2ccc(I)cc2)c(F)c1. The molecule has 0 N–H and O–H groups in total. The highest BCUT2D eigenvalue weighted by Gasteiger charge is 2.05. The number of halogens is 2. The number of carbonyl (C=O) groups excluding carboxylic acids is 1. The topological polar surface area (TPSA) is 26.3 Å². The second-order valence-electron chi connectivity index (χ2n) is 3.36. The molecule has 0 aliphatic rings. The minimum atomic E-state index is -0.548. The van der Waals surface area contributed by atoms with Crippen LogP contribution in [0.1, 0.15) is 10.4 Å². The molecule has 2 rings (SSSR count). The van der Waals surface area contributed by atoms with Gasteiger partial charge in [-0.25, -0.2) is 4.39 Å². The summed E-state index contributed by atoms with van der Waals surface area (Å²) in [5.74, 6) is 0.119. The maximum Gasteiger partial charge on any atom is 0.166 e. The lowest BCUT2D eigenvalue weighted by Crippen LogP contribution is -1.90. The molecule has 4 heteroatoms. The average molecular weight is 342 g/mol. The van der Waals surface area contributed by atoms with E-state index in [9.17, 15) is 9.18 Å². The van der Waals surface area contributed by atoms with Gasteiger partial charge < -0.3 is 4.74 Å². The predicted molar refractivity (Wildman–Crippen MR) is 71.0 cm³/mol. The first kappa shape index (κ1) is 12.0. The van der Waals surface area contributed by atoms with Crippen LogP contribution in [-0.2, 0) is 0 Å². The monoisotopic (exact) mass is 342 g/mol. The number of rotatable bonds is 3. The van der Waals surface area contributed by atoms with Crippen molar-refractivity contribution in [3.05, 3.63) is 57.4 Å². The van der Waals surface area contributed by atoms with Crippen LogP contribution in [-0.4, -0.2) is 6.29 Å². The normalized spacial score (nSPS) is 10.0. The largest absolute Gasteiger partial charge is 0.454 e. The van der Waals surface area contributed by atoms with Crippen LogP contribution < -0.4 is 4.74 Å². The maximum absolute atomic E-state index is 13.5. The summed E-state index contributed by atoms with van der Waals surface area (Å²) in [6, 6.07) is 11.4. The molecule has 2 nitrogen and oxygen atoms in total. The second kappa shape index (κ2) is 5.27. The summed E-state index contributed by atoms with van der Waals surface area (Å²) in [6.45, 7) is 0. The molecule has 0 amide bonds. The van der Waals surface area contributed by atoms with Crippen molar-refractivity contribution in [2.45, 2.75) is 0 Å². The van der Waals surface area contributed by atoms with E-state index in [1.807, 2.05) is 12.1 Å². The van der Waals surface area contributed by atoms with Crippen molar-refractivity contribution in [1.82, 2.24) is 0 Å². The zero-order valence-corrected chi connectivity index (χ0v) is 10.8. The van der Waals surface area contributed by atoms with Crippen molar-refractivity contribution >= 4 is 28.9 Å². The van der Waals surface area contributed by atoms with E-state index >= 15 is 0 Å². The summed E-state index contributed by atoms with van der Waals surface area (Å²) < 4.78 is 20.0. The summed E-state index contributed by atoms with van der Waals surface area (Å²) in [5.41, 5.74) is 0.289. The third kappa shape index (κ3) is 3.03. The number of benzene rings is 2. The Morgan fingerprint density at radius 3 is 2.41 bits per heavy atom. The summed E-state index contributed by atoms with van der Waals surface area (Å²) in [5, 5.41) is 0. The van der Waals surface area contributed by atoms with Gasteiger partial charge in [-0.05, 0) is 65.1 Å². The molecule has 0 aliphatic carbocycles. The van der Waals surface area contributed by atoms with Crippen LogP contribution >= 0.6 is 22.6 Å². The van der Waals surface area contributed by atoms with E-state index < -0.39 is 5.82 Å². The quantitative estimate of drug-likeness (QED) is 0.622. The van der Waals surface area contributed by atoms with E-state index in [0.29, 0.717) is 12.0 Å². The molecule has 2 aromatic carbocycles. The van der Waals surface area contributed by atoms with Crippen molar-refractivity contribution in [1.29, 1.82) is 0 Å². The Kier molecular flexibility index (Phi) is 3.73. The van der Waals surface area contributed by atoms with Gasteiger partial charge in [0, 0.05) is 9.13 Å². The Morgan fingerprint density at radius 1 is 1.12 bits per heavy atom. The first-order valence-electron chi connectivity index (χ1n) is 4.87. The van der Waals surface area contributed by atoms with Crippen LogP contribution in [0.15, 0.2) is 42.5 Å². The molecular weight excluding hydrogens is 334 g/mol. The number of hydrogen-bond acceptors (Lipinski definition) is 2. The molecule has 0 aromatic heterocycles. The van der Waals surface area contributed by atoms with Crippen molar-refractivity contribution in [3.63, 3.8) is 0 Å². The molecule has 0 heterocycles. The molecule has 0 atom stereocenters. The van der Waals surface area contributed by atoms with Gasteiger partial charge in [0.05, 0.1) is 0 Å². The number of hydrogen-bond donors (Lipinski definition) is 0. The van der Waals surface area contributed by atoms with Crippen molar-refractivity contribution in [3.8, 4) is 11.5 Å². The lowest BCUT2D eigenvalue weighted by atomic mass is 10.2. The van der Waals surface area contributed by atoms with Crippen molar-refractivity contribution in [2.24, 2.45) is 0 Å². The van der Waals surface area contributed by atoms with E-state index in [0.717, 1.165) is 9.64 Å². The van der Waals surface area contributed by atoms with Gasteiger partial charge in [0.1, 0.15) is 12.0 Å². The minimum absolute atomic E-state index is 0.108. The molecule has 2 aromatic rings. The summed E-state index contributed by atoms with van der Waals surface area (Å²) >= 11 is 2.18. The van der Waals surface area contributed by atoms with Crippen LogP contribution in [0.5, 0.6) is 11.5 Å². The first-order chi connectivity index (χ1) is 8.19. The molecule has 86 valence electrons. The summed E-state index contributed by atoms with van der Waals surface area (Å²) in [6.07, 6.45) is 0.595. The minimum Gasteiger partial charge on any atom is -0.454 e.